The Labute approximate surface area is 120 Å². The summed E-state index contributed by atoms with van der Waals surface area (Å²) in [6.45, 7) is 6.28. The van der Waals surface area contributed by atoms with Crippen LogP contribution < -0.4 is 11.1 Å². The van der Waals surface area contributed by atoms with Crippen LogP contribution in [0.4, 0.5) is 0 Å². The van der Waals surface area contributed by atoms with E-state index in [1.54, 1.807) is 0 Å². The number of hydrogen-bond acceptors (Lipinski definition) is 2. The molecule has 0 radical (unpaired) electrons. The molecule has 0 aromatic heterocycles. The zero-order valence-electron chi connectivity index (χ0n) is 11.9. The standard InChI is InChI=1S/C15H23ClN2O/c1-4-13(11-6-8-12(16)9-7-11)18-14(19)15(3,5-2)10-17/h6-9,13H,4-5,10,17H2,1-3H3,(H,18,19). The maximum atomic E-state index is 12.3. The molecule has 1 aromatic carbocycles. The van der Waals surface area contributed by atoms with Crippen LogP contribution in [0.25, 0.3) is 0 Å². The second-order valence-electron chi connectivity index (χ2n) is 5.10. The molecule has 0 aliphatic carbocycles. The van der Waals surface area contributed by atoms with E-state index in [1.807, 2.05) is 45.0 Å². The highest BCUT2D eigenvalue weighted by Gasteiger charge is 2.31. The monoisotopic (exact) mass is 282 g/mol. The summed E-state index contributed by atoms with van der Waals surface area (Å²) in [5.41, 5.74) is 6.28. The van der Waals surface area contributed by atoms with Crippen molar-refractivity contribution < 1.29 is 4.79 Å². The van der Waals surface area contributed by atoms with Gasteiger partial charge in [0.15, 0.2) is 0 Å². The van der Waals surface area contributed by atoms with E-state index in [0.29, 0.717) is 11.6 Å². The molecule has 2 atom stereocenters. The molecule has 3 nitrogen and oxygen atoms in total. The molecule has 0 saturated carbocycles. The van der Waals surface area contributed by atoms with Crippen LogP contribution in [-0.2, 0) is 4.79 Å². The van der Waals surface area contributed by atoms with E-state index in [1.165, 1.54) is 0 Å². The van der Waals surface area contributed by atoms with Crippen molar-refractivity contribution in [2.24, 2.45) is 11.1 Å². The van der Waals surface area contributed by atoms with E-state index >= 15 is 0 Å². The van der Waals surface area contributed by atoms with Gasteiger partial charge in [0.1, 0.15) is 0 Å². The minimum Gasteiger partial charge on any atom is -0.349 e. The van der Waals surface area contributed by atoms with Crippen LogP contribution in [0.5, 0.6) is 0 Å². The first kappa shape index (κ1) is 16.0. The fraction of sp³-hybridized carbons (Fsp3) is 0.533. The Morgan fingerprint density at radius 1 is 1.37 bits per heavy atom. The second kappa shape index (κ2) is 6.92. The van der Waals surface area contributed by atoms with Crippen LogP contribution in [0.1, 0.15) is 45.2 Å². The van der Waals surface area contributed by atoms with E-state index in [2.05, 4.69) is 5.32 Å². The molecule has 0 spiro atoms. The molecular formula is C15H23ClN2O. The van der Waals surface area contributed by atoms with Gasteiger partial charge >= 0.3 is 0 Å². The van der Waals surface area contributed by atoms with Gasteiger partial charge in [-0.05, 0) is 37.5 Å². The number of rotatable bonds is 6. The van der Waals surface area contributed by atoms with E-state index in [0.717, 1.165) is 18.4 Å². The zero-order valence-corrected chi connectivity index (χ0v) is 12.6. The van der Waals surface area contributed by atoms with E-state index in [-0.39, 0.29) is 11.9 Å². The Kier molecular flexibility index (Phi) is 5.83. The fourth-order valence-corrected chi connectivity index (χ4v) is 1.97. The first-order valence-corrected chi connectivity index (χ1v) is 7.11. The number of halogens is 1. The summed E-state index contributed by atoms with van der Waals surface area (Å²) < 4.78 is 0. The molecule has 1 rings (SSSR count). The largest absolute Gasteiger partial charge is 0.349 e. The lowest BCUT2D eigenvalue weighted by Gasteiger charge is -2.28. The van der Waals surface area contributed by atoms with Crippen LogP contribution in [-0.4, -0.2) is 12.5 Å². The molecule has 1 amide bonds. The molecule has 106 valence electrons. The maximum Gasteiger partial charge on any atom is 0.227 e. The quantitative estimate of drug-likeness (QED) is 0.841. The van der Waals surface area contributed by atoms with Gasteiger partial charge in [0.2, 0.25) is 5.91 Å². The molecule has 0 heterocycles. The average molecular weight is 283 g/mol. The van der Waals surface area contributed by atoms with E-state index in [9.17, 15) is 4.79 Å². The average Bonchev–Trinajstić information content (AvgIpc) is 2.44. The lowest BCUT2D eigenvalue weighted by atomic mass is 9.86. The van der Waals surface area contributed by atoms with Gasteiger partial charge in [-0.2, -0.15) is 0 Å². The highest BCUT2D eigenvalue weighted by molar-refractivity contribution is 6.30. The summed E-state index contributed by atoms with van der Waals surface area (Å²) in [6, 6.07) is 7.58. The Morgan fingerprint density at radius 2 is 1.95 bits per heavy atom. The number of nitrogens with one attached hydrogen (secondary N) is 1. The third-order valence-electron chi connectivity index (χ3n) is 3.76. The third-order valence-corrected chi connectivity index (χ3v) is 4.02. The molecule has 0 saturated heterocycles. The normalized spacial score (nSPS) is 15.6. The highest BCUT2D eigenvalue weighted by Crippen LogP contribution is 2.24. The first-order chi connectivity index (χ1) is 8.96. The lowest BCUT2D eigenvalue weighted by Crippen LogP contribution is -2.44. The smallest absolute Gasteiger partial charge is 0.227 e. The van der Waals surface area contributed by atoms with Crippen LogP contribution in [0.2, 0.25) is 5.02 Å². The molecule has 0 aliphatic rings. The van der Waals surface area contributed by atoms with Gasteiger partial charge in [-0.3, -0.25) is 4.79 Å². The predicted molar refractivity (Wildman–Crippen MR) is 80.1 cm³/mol. The van der Waals surface area contributed by atoms with Crippen molar-refractivity contribution in [1.82, 2.24) is 5.32 Å². The summed E-state index contributed by atoms with van der Waals surface area (Å²) in [5.74, 6) is 0.0132. The number of carbonyl (C=O) groups is 1. The molecule has 4 heteroatoms. The van der Waals surface area contributed by atoms with E-state index < -0.39 is 5.41 Å². The van der Waals surface area contributed by atoms with Crippen molar-refractivity contribution in [3.8, 4) is 0 Å². The second-order valence-corrected chi connectivity index (χ2v) is 5.54. The maximum absolute atomic E-state index is 12.3. The summed E-state index contributed by atoms with van der Waals surface area (Å²) in [6.07, 6.45) is 1.56. The zero-order chi connectivity index (χ0) is 14.5. The van der Waals surface area contributed by atoms with Gasteiger partial charge in [-0.15, -0.1) is 0 Å². The third kappa shape index (κ3) is 3.95. The molecule has 0 fully saturated rings. The van der Waals surface area contributed by atoms with Crippen molar-refractivity contribution in [3.05, 3.63) is 34.9 Å². The minimum absolute atomic E-state index is 0.00203. The number of hydrogen-bond donors (Lipinski definition) is 2. The van der Waals surface area contributed by atoms with Gasteiger partial charge in [-0.25, -0.2) is 0 Å². The SMILES string of the molecule is CCC(NC(=O)C(C)(CC)CN)c1ccc(Cl)cc1. The molecular weight excluding hydrogens is 260 g/mol. The molecule has 0 aliphatic heterocycles. The van der Waals surface area contributed by atoms with Gasteiger partial charge in [0.25, 0.3) is 0 Å². The number of benzene rings is 1. The summed E-state index contributed by atoms with van der Waals surface area (Å²) in [7, 11) is 0. The number of nitrogens with two attached hydrogens (primary N) is 1. The molecule has 3 N–H and O–H groups in total. The molecule has 0 bridgehead atoms. The van der Waals surface area contributed by atoms with Gasteiger partial charge in [0.05, 0.1) is 11.5 Å². The van der Waals surface area contributed by atoms with Crippen LogP contribution in [0.3, 0.4) is 0 Å². The Morgan fingerprint density at radius 3 is 2.37 bits per heavy atom. The van der Waals surface area contributed by atoms with Crippen molar-refractivity contribution in [1.29, 1.82) is 0 Å². The van der Waals surface area contributed by atoms with Crippen LogP contribution in [0.15, 0.2) is 24.3 Å². The molecule has 1 aromatic rings. The summed E-state index contributed by atoms with van der Waals surface area (Å²) in [4.78, 5) is 12.3. The van der Waals surface area contributed by atoms with Crippen molar-refractivity contribution in [3.63, 3.8) is 0 Å². The van der Waals surface area contributed by atoms with E-state index in [4.69, 9.17) is 17.3 Å². The van der Waals surface area contributed by atoms with Crippen molar-refractivity contribution in [2.45, 2.75) is 39.7 Å². The fourth-order valence-electron chi connectivity index (χ4n) is 1.85. The highest BCUT2D eigenvalue weighted by atomic mass is 35.5. The van der Waals surface area contributed by atoms with Gasteiger partial charge in [0, 0.05) is 11.6 Å². The molecule has 19 heavy (non-hydrogen) atoms. The van der Waals surface area contributed by atoms with Gasteiger partial charge in [-0.1, -0.05) is 37.6 Å². The number of amides is 1. The van der Waals surface area contributed by atoms with Crippen molar-refractivity contribution in [2.75, 3.05) is 6.54 Å². The lowest BCUT2D eigenvalue weighted by molar-refractivity contribution is -0.130. The topological polar surface area (TPSA) is 55.1 Å². The summed E-state index contributed by atoms with van der Waals surface area (Å²) in [5, 5.41) is 3.78. The predicted octanol–water partition coefficient (Wildman–Crippen LogP) is 3.28. The first-order valence-electron chi connectivity index (χ1n) is 6.73. The molecule has 2 unspecified atom stereocenters. The van der Waals surface area contributed by atoms with Crippen LogP contribution >= 0.6 is 11.6 Å². The number of carbonyl (C=O) groups excluding carboxylic acids is 1. The Balaban J connectivity index is 2.83. The van der Waals surface area contributed by atoms with Gasteiger partial charge < -0.3 is 11.1 Å². The van der Waals surface area contributed by atoms with Crippen molar-refractivity contribution >= 4 is 17.5 Å². The van der Waals surface area contributed by atoms with Crippen LogP contribution in [0, 0.1) is 5.41 Å². The Hall–Kier alpha value is -1.06. The minimum atomic E-state index is -0.500. The summed E-state index contributed by atoms with van der Waals surface area (Å²) >= 11 is 5.88. The Bertz CT molecular complexity index is 413.